The van der Waals surface area contributed by atoms with Gasteiger partial charge in [-0.15, -0.1) is 0 Å². The third-order valence-corrected chi connectivity index (χ3v) is 3.05. The molecule has 0 radical (unpaired) electrons. The highest BCUT2D eigenvalue weighted by Gasteiger charge is 2.26. The summed E-state index contributed by atoms with van der Waals surface area (Å²) in [6.45, 7) is 9.05. The van der Waals surface area contributed by atoms with Gasteiger partial charge in [0, 0.05) is 18.4 Å². The first-order valence-electron chi connectivity index (χ1n) is 6.18. The van der Waals surface area contributed by atoms with Gasteiger partial charge in [-0.3, -0.25) is 5.32 Å². The van der Waals surface area contributed by atoms with Gasteiger partial charge in [0.25, 0.3) is 0 Å². The third-order valence-electron chi connectivity index (χ3n) is 3.05. The number of rotatable bonds is 6. The van der Waals surface area contributed by atoms with Gasteiger partial charge in [-0.25, -0.2) is 4.98 Å². The summed E-state index contributed by atoms with van der Waals surface area (Å²) in [5.74, 6) is 0.994. The first-order chi connectivity index (χ1) is 8.02. The standard InChI is InChI=1S/C13H22N4/c1-5-6-16-13(4,10-14)9-11(2)17-8-7-15-12(17)3/h7-8,11,16H,5-6,9H2,1-4H3. The Balaban J connectivity index is 2.69. The molecule has 0 aliphatic carbocycles. The Morgan fingerprint density at radius 2 is 2.35 bits per heavy atom. The molecule has 0 saturated carbocycles. The second-order valence-corrected chi connectivity index (χ2v) is 4.81. The smallest absolute Gasteiger partial charge is 0.105 e. The summed E-state index contributed by atoms with van der Waals surface area (Å²) >= 11 is 0. The van der Waals surface area contributed by atoms with E-state index in [1.165, 1.54) is 0 Å². The molecule has 0 spiro atoms. The van der Waals surface area contributed by atoms with E-state index in [1.807, 2.05) is 20.0 Å². The predicted molar refractivity (Wildman–Crippen MR) is 68.6 cm³/mol. The van der Waals surface area contributed by atoms with Crippen molar-refractivity contribution in [3.8, 4) is 6.07 Å². The van der Waals surface area contributed by atoms with Crippen LogP contribution in [-0.2, 0) is 0 Å². The maximum Gasteiger partial charge on any atom is 0.105 e. The van der Waals surface area contributed by atoms with Gasteiger partial charge < -0.3 is 4.57 Å². The van der Waals surface area contributed by atoms with Crippen LogP contribution in [0.5, 0.6) is 0 Å². The summed E-state index contributed by atoms with van der Waals surface area (Å²) in [5.41, 5.74) is -0.466. The lowest BCUT2D eigenvalue weighted by atomic mass is 9.95. The quantitative estimate of drug-likeness (QED) is 0.822. The molecule has 0 aliphatic heterocycles. The summed E-state index contributed by atoms with van der Waals surface area (Å²) in [7, 11) is 0. The van der Waals surface area contributed by atoms with Gasteiger partial charge in [0.1, 0.15) is 11.4 Å². The van der Waals surface area contributed by atoms with Gasteiger partial charge >= 0.3 is 0 Å². The van der Waals surface area contributed by atoms with Crippen molar-refractivity contribution in [2.45, 2.75) is 52.1 Å². The molecule has 0 amide bonds. The minimum atomic E-state index is -0.466. The van der Waals surface area contributed by atoms with Gasteiger partial charge in [0.05, 0.1) is 6.07 Å². The maximum absolute atomic E-state index is 9.29. The van der Waals surface area contributed by atoms with E-state index in [0.29, 0.717) is 0 Å². The van der Waals surface area contributed by atoms with Crippen LogP contribution in [0.25, 0.3) is 0 Å². The summed E-state index contributed by atoms with van der Waals surface area (Å²) in [6, 6.07) is 2.65. The SMILES string of the molecule is CCCNC(C)(C#N)CC(C)n1ccnc1C. The molecule has 4 heteroatoms. The Kier molecular flexibility index (Phi) is 4.71. The van der Waals surface area contributed by atoms with Crippen LogP contribution in [0.1, 0.15) is 45.5 Å². The molecule has 2 atom stereocenters. The molecule has 0 saturated heterocycles. The molecule has 1 N–H and O–H groups in total. The lowest BCUT2D eigenvalue weighted by Crippen LogP contribution is -2.43. The van der Waals surface area contributed by atoms with Crippen LogP contribution < -0.4 is 5.32 Å². The molecule has 0 aliphatic rings. The Morgan fingerprint density at radius 3 is 2.82 bits per heavy atom. The molecule has 94 valence electrons. The number of hydrogen-bond donors (Lipinski definition) is 1. The highest BCUT2D eigenvalue weighted by Crippen LogP contribution is 2.21. The van der Waals surface area contributed by atoms with Crippen LogP contribution in [0.15, 0.2) is 12.4 Å². The topological polar surface area (TPSA) is 53.6 Å². The predicted octanol–water partition coefficient (Wildman–Crippen LogP) is 2.42. The van der Waals surface area contributed by atoms with Gasteiger partial charge in [0.2, 0.25) is 0 Å². The van der Waals surface area contributed by atoms with Crippen LogP contribution in [-0.4, -0.2) is 21.6 Å². The minimum absolute atomic E-state index is 0.270. The van der Waals surface area contributed by atoms with Gasteiger partial charge in [-0.05, 0) is 40.2 Å². The summed E-state index contributed by atoms with van der Waals surface area (Å²) < 4.78 is 2.11. The summed E-state index contributed by atoms with van der Waals surface area (Å²) in [6.07, 6.45) is 5.59. The molecule has 0 fully saturated rings. The largest absolute Gasteiger partial charge is 0.332 e. The first kappa shape index (κ1) is 13.7. The lowest BCUT2D eigenvalue weighted by molar-refractivity contribution is 0.345. The molecule has 1 aromatic heterocycles. The van der Waals surface area contributed by atoms with Crippen molar-refractivity contribution >= 4 is 0 Å². The molecule has 1 aromatic rings. The number of nitrogens with zero attached hydrogens (tertiary/aromatic N) is 3. The van der Waals surface area contributed by atoms with E-state index in [-0.39, 0.29) is 6.04 Å². The first-order valence-corrected chi connectivity index (χ1v) is 6.18. The monoisotopic (exact) mass is 234 g/mol. The average molecular weight is 234 g/mol. The minimum Gasteiger partial charge on any atom is -0.332 e. The molecule has 0 aromatic carbocycles. The van der Waals surface area contributed by atoms with E-state index < -0.39 is 5.54 Å². The van der Waals surface area contributed by atoms with E-state index in [1.54, 1.807) is 6.20 Å². The van der Waals surface area contributed by atoms with Crippen LogP contribution in [0.2, 0.25) is 0 Å². The van der Waals surface area contributed by atoms with E-state index >= 15 is 0 Å². The second-order valence-electron chi connectivity index (χ2n) is 4.81. The lowest BCUT2D eigenvalue weighted by Gasteiger charge is -2.27. The van der Waals surface area contributed by atoms with Crippen molar-refractivity contribution in [3.63, 3.8) is 0 Å². The molecule has 0 bridgehead atoms. The number of aryl methyl sites for hydroxylation is 1. The van der Waals surface area contributed by atoms with E-state index in [9.17, 15) is 5.26 Å². The fourth-order valence-corrected chi connectivity index (χ4v) is 2.10. The fraction of sp³-hybridized carbons (Fsp3) is 0.692. The number of hydrogen-bond acceptors (Lipinski definition) is 3. The fourth-order valence-electron chi connectivity index (χ4n) is 2.10. The zero-order valence-electron chi connectivity index (χ0n) is 11.2. The van der Waals surface area contributed by atoms with Crippen LogP contribution in [0.4, 0.5) is 0 Å². The second kappa shape index (κ2) is 5.83. The number of imidazole rings is 1. The van der Waals surface area contributed by atoms with Crippen molar-refractivity contribution in [1.82, 2.24) is 14.9 Å². The molecule has 1 rings (SSSR count). The molecular weight excluding hydrogens is 212 g/mol. The normalized spacial score (nSPS) is 16.2. The Hall–Kier alpha value is -1.34. The van der Waals surface area contributed by atoms with Gasteiger partial charge in [-0.2, -0.15) is 5.26 Å². The van der Waals surface area contributed by atoms with E-state index in [4.69, 9.17) is 0 Å². The molecule has 2 unspecified atom stereocenters. The number of nitriles is 1. The molecule has 4 nitrogen and oxygen atoms in total. The molecular formula is C13H22N4. The van der Waals surface area contributed by atoms with Gasteiger partial charge in [-0.1, -0.05) is 6.92 Å². The van der Waals surface area contributed by atoms with E-state index in [2.05, 4.69) is 34.8 Å². The van der Waals surface area contributed by atoms with Crippen molar-refractivity contribution in [2.24, 2.45) is 0 Å². The highest BCUT2D eigenvalue weighted by atomic mass is 15.1. The Labute approximate surface area is 104 Å². The summed E-state index contributed by atoms with van der Waals surface area (Å²) in [4.78, 5) is 4.22. The van der Waals surface area contributed by atoms with Crippen molar-refractivity contribution in [3.05, 3.63) is 18.2 Å². The zero-order valence-corrected chi connectivity index (χ0v) is 11.2. The third kappa shape index (κ3) is 3.57. The molecule has 1 heterocycles. The van der Waals surface area contributed by atoms with Crippen LogP contribution in [0.3, 0.4) is 0 Å². The Morgan fingerprint density at radius 1 is 1.65 bits per heavy atom. The van der Waals surface area contributed by atoms with E-state index in [0.717, 1.165) is 25.2 Å². The highest BCUT2D eigenvalue weighted by molar-refractivity contribution is 5.06. The van der Waals surface area contributed by atoms with Crippen molar-refractivity contribution in [1.29, 1.82) is 5.26 Å². The van der Waals surface area contributed by atoms with Crippen LogP contribution in [0, 0.1) is 18.3 Å². The zero-order chi connectivity index (χ0) is 12.9. The Bertz CT molecular complexity index is 390. The van der Waals surface area contributed by atoms with Gasteiger partial charge in [0.15, 0.2) is 0 Å². The number of nitrogens with one attached hydrogen (secondary N) is 1. The average Bonchev–Trinajstić information content (AvgIpc) is 2.73. The van der Waals surface area contributed by atoms with Crippen molar-refractivity contribution < 1.29 is 0 Å². The molecule has 17 heavy (non-hydrogen) atoms. The maximum atomic E-state index is 9.29. The summed E-state index contributed by atoms with van der Waals surface area (Å²) in [5, 5.41) is 12.6. The van der Waals surface area contributed by atoms with Crippen molar-refractivity contribution in [2.75, 3.05) is 6.54 Å². The number of aromatic nitrogens is 2. The van der Waals surface area contributed by atoms with Crippen LogP contribution >= 0.6 is 0 Å².